The van der Waals surface area contributed by atoms with Crippen molar-refractivity contribution in [3.05, 3.63) is 17.5 Å². The number of hydrogen-bond donors (Lipinski definition) is 2. The first-order valence-corrected chi connectivity index (χ1v) is 6.78. The van der Waals surface area contributed by atoms with Crippen LogP contribution in [0.25, 0.3) is 0 Å². The van der Waals surface area contributed by atoms with E-state index in [2.05, 4.69) is 34.7 Å². The Morgan fingerprint density at radius 2 is 1.95 bits per heavy atom. The molecule has 0 saturated carbocycles. The van der Waals surface area contributed by atoms with Crippen LogP contribution in [0.5, 0.6) is 0 Å². The summed E-state index contributed by atoms with van der Waals surface area (Å²) in [5.41, 5.74) is 5.32. The van der Waals surface area contributed by atoms with E-state index in [1.54, 1.807) is 0 Å². The number of nitrogens with one attached hydrogen (secondary N) is 2. The van der Waals surface area contributed by atoms with E-state index in [0.717, 1.165) is 19.3 Å². The predicted octanol–water partition coefficient (Wildman–Crippen LogP) is 2.43. The second-order valence-electron chi connectivity index (χ2n) is 4.79. The fourth-order valence-corrected chi connectivity index (χ4v) is 2.56. The maximum atomic E-state index is 12.2. The Labute approximate surface area is 117 Å². The van der Waals surface area contributed by atoms with E-state index in [4.69, 9.17) is 11.6 Å². The summed E-state index contributed by atoms with van der Waals surface area (Å²) < 4.78 is 0. The highest BCUT2D eigenvalue weighted by molar-refractivity contribution is 6.31. The summed E-state index contributed by atoms with van der Waals surface area (Å²) in [4.78, 5) is 21.9. The normalized spacial score (nSPS) is 23.0. The summed E-state index contributed by atoms with van der Waals surface area (Å²) in [6.07, 6.45) is 6.22. The topological polar surface area (TPSA) is 70.2 Å². The lowest BCUT2D eigenvalue weighted by Crippen LogP contribution is -2.53. The van der Waals surface area contributed by atoms with E-state index in [0.29, 0.717) is 5.82 Å². The van der Waals surface area contributed by atoms with Gasteiger partial charge in [0.05, 0.1) is 0 Å². The molecule has 104 valence electrons. The van der Waals surface area contributed by atoms with Crippen molar-refractivity contribution in [3.8, 4) is 0 Å². The number of hydrazine groups is 1. The van der Waals surface area contributed by atoms with Crippen molar-refractivity contribution in [2.24, 2.45) is 0 Å². The molecule has 2 rings (SSSR count). The fourth-order valence-electron chi connectivity index (χ4n) is 2.40. The van der Waals surface area contributed by atoms with Crippen molar-refractivity contribution >= 4 is 23.4 Å². The quantitative estimate of drug-likeness (QED) is 0.818. The number of carbonyl (C=O) groups is 1. The van der Waals surface area contributed by atoms with Gasteiger partial charge in [-0.3, -0.25) is 10.9 Å². The van der Waals surface area contributed by atoms with Gasteiger partial charge in [-0.25, -0.2) is 14.8 Å². The zero-order chi connectivity index (χ0) is 13.8. The van der Waals surface area contributed by atoms with Gasteiger partial charge in [-0.05, 0) is 33.1 Å². The molecule has 2 heterocycles. The van der Waals surface area contributed by atoms with E-state index in [1.807, 2.05) is 4.90 Å². The summed E-state index contributed by atoms with van der Waals surface area (Å²) in [5.74, 6) is 0.342. The SMILES string of the molecule is C[C@H]1CCC[C@H](C)N1C(=O)NNc1nccnc1Cl. The van der Waals surface area contributed by atoms with E-state index in [9.17, 15) is 4.79 Å². The Morgan fingerprint density at radius 1 is 1.32 bits per heavy atom. The smallest absolute Gasteiger partial charge is 0.318 e. The molecule has 0 spiro atoms. The van der Waals surface area contributed by atoms with Crippen LogP contribution in [0.4, 0.5) is 10.6 Å². The van der Waals surface area contributed by atoms with E-state index >= 15 is 0 Å². The number of rotatable bonds is 2. The molecule has 1 aliphatic rings. The number of urea groups is 1. The highest BCUT2D eigenvalue weighted by Gasteiger charge is 2.28. The highest BCUT2D eigenvalue weighted by atomic mass is 35.5. The molecule has 1 fully saturated rings. The van der Waals surface area contributed by atoms with Crippen molar-refractivity contribution in [1.29, 1.82) is 0 Å². The Hall–Kier alpha value is -1.56. The molecule has 1 aliphatic heterocycles. The molecular formula is C12H18ClN5O. The average molecular weight is 284 g/mol. The van der Waals surface area contributed by atoms with Crippen LogP contribution in [0, 0.1) is 0 Å². The molecule has 1 aromatic heterocycles. The minimum Gasteiger partial charge on any atom is -0.318 e. The molecule has 6 nitrogen and oxygen atoms in total. The Balaban J connectivity index is 1.95. The molecule has 2 atom stereocenters. The van der Waals surface area contributed by atoms with E-state index in [1.165, 1.54) is 12.4 Å². The standard InChI is InChI=1S/C12H18ClN5O/c1-8-4-3-5-9(2)18(8)12(19)17-16-11-10(13)14-6-7-15-11/h6-9H,3-5H2,1-2H3,(H,15,16)(H,17,19)/t8-,9-/m0/s1. The van der Waals surface area contributed by atoms with Gasteiger partial charge in [-0.15, -0.1) is 0 Å². The lowest BCUT2D eigenvalue weighted by atomic mass is 9.98. The van der Waals surface area contributed by atoms with Crippen molar-refractivity contribution in [3.63, 3.8) is 0 Å². The average Bonchev–Trinajstić information content (AvgIpc) is 2.37. The zero-order valence-electron chi connectivity index (χ0n) is 11.1. The van der Waals surface area contributed by atoms with Crippen molar-refractivity contribution in [2.45, 2.75) is 45.2 Å². The summed E-state index contributed by atoms with van der Waals surface area (Å²) in [5, 5.41) is 0.225. The second kappa shape index (κ2) is 6.06. The number of piperidine rings is 1. The van der Waals surface area contributed by atoms with Crippen LogP contribution < -0.4 is 10.9 Å². The fraction of sp³-hybridized carbons (Fsp3) is 0.583. The molecule has 0 aliphatic carbocycles. The molecule has 0 bridgehead atoms. The lowest BCUT2D eigenvalue weighted by molar-refractivity contribution is 0.124. The Kier molecular flexibility index (Phi) is 4.42. The van der Waals surface area contributed by atoms with Crippen LogP contribution in [0.1, 0.15) is 33.1 Å². The van der Waals surface area contributed by atoms with Crippen molar-refractivity contribution in [2.75, 3.05) is 5.43 Å². The van der Waals surface area contributed by atoms with Gasteiger partial charge in [0.15, 0.2) is 11.0 Å². The molecule has 0 unspecified atom stereocenters. The van der Waals surface area contributed by atoms with Gasteiger partial charge in [0.1, 0.15) is 0 Å². The minimum atomic E-state index is -0.165. The van der Waals surface area contributed by atoms with Crippen LogP contribution in [0.15, 0.2) is 12.4 Å². The number of hydrogen-bond acceptors (Lipinski definition) is 4. The first kappa shape index (κ1) is 13.9. The van der Waals surface area contributed by atoms with Gasteiger partial charge >= 0.3 is 6.03 Å². The Morgan fingerprint density at radius 3 is 2.58 bits per heavy atom. The second-order valence-corrected chi connectivity index (χ2v) is 5.15. The van der Waals surface area contributed by atoms with Crippen molar-refractivity contribution in [1.82, 2.24) is 20.3 Å². The number of anilines is 1. The third-order valence-electron chi connectivity index (χ3n) is 3.37. The monoisotopic (exact) mass is 283 g/mol. The molecule has 1 saturated heterocycles. The molecule has 19 heavy (non-hydrogen) atoms. The first-order chi connectivity index (χ1) is 9.09. The third kappa shape index (κ3) is 3.26. The number of likely N-dealkylation sites (tertiary alicyclic amines) is 1. The maximum absolute atomic E-state index is 12.2. The van der Waals surface area contributed by atoms with Gasteiger partial charge < -0.3 is 4.90 Å². The number of amides is 2. The van der Waals surface area contributed by atoms with Crippen molar-refractivity contribution < 1.29 is 4.79 Å². The van der Waals surface area contributed by atoms with Gasteiger partial charge in [0, 0.05) is 24.5 Å². The number of aromatic nitrogens is 2. The third-order valence-corrected chi connectivity index (χ3v) is 3.65. The number of halogens is 1. The molecule has 1 aromatic rings. The van der Waals surface area contributed by atoms with Crippen LogP contribution >= 0.6 is 11.6 Å². The molecular weight excluding hydrogens is 266 g/mol. The van der Waals surface area contributed by atoms with E-state index in [-0.39, 0.29) is 23.3 Å². The summed E-state index contributed by atoms with van der Waals surface area (Å²) >= 11 is 5.85. The first-order valence-electron chi connectivity index (χ1n) is 6.40. The van der Waals surface area contributed by atoms with Gasteiger partial charge in [-0.1, -0.05) is 11.6 Å². The van der Waals surface area contributed by atoms with Gasteiger partial charge in [-0.2, -0.15) is 0 Å². The minimum absolute atomic E-state index is 0.165. The molecule has 2 amide bonds. The van der Waals surface area contributed by atoms with Crippen LogP contribution in [0.3, 0.4) is 0 Å². The lowest BCUT2D eigenvalue weighted by Gasteiger charge is -2.38. The predicted molar refractivity (Wildman–Crippen MR) is 73.8 cm³/mol. The number of carbonyl (C=O) groups excluding carboxylic acids is 1. The Bertz CT molecular complexity index is 446. The van der Waals surface area contributed by atoms with Crippen LogP contribution in [-0.4, -0.2) is 33.0 Å². The molecule has 7 heteroatoms. The van der Waals surface area contributed by atoms with Gasteiger partial charge in [0.2, 0.25) is 0 Å². The maximum Gasteiger partial charge on any atom is 0.336 e. The summed E-state index contributed by atoms with van der Waals surface area (Å²) in [6, 6.07) is 0.312. The summed E-state index contributed by atoms with van der Waals surface area (Å²) in [6.45, 7) is 4.12. The summed E-state index contributed by atoms with van der Waals surface area (Å²) in [7, 11) is 0. The van der Waals surface area contributed by atoms with E-state index < -0.39 is 0 Å². The highest BCUT2D eigenvalue weighted by Crippen LogP contribution is 2.22. The molecule has 0 radical (unpaired) electrons. The van der Waals surface area contributed by atoms with Crippen LogP contribution in [0.2, 0.25) is 5.15 Å². The van der Waals surface area contributed by atoms with Crippen LogP contribution in [-0.2, 0) is 0 Å². The van der Waals surface area contributed by atoms with Gasteiger partial charge in [0.25, 0.3) is 0 Å². The largest absolute Gasteiger partial charge is 0.336 e. The molecule has 2 N–H and O–H groups in total. The zero-order valence-corrected chi connectivity index (χ0v) is 11.8. The number of nitrogens with zero attached hydrogens (tertiary/aromatic N) is 3. The molecule has 0 aromatic carbocycles.